The molecule has 1 aromatic rings. The van der Waals surface area contributed by atoms with Crippen molar-refractivity contribution < 1.29 is 8.42 Å². The largest absolute Gasteiger partial charge is 0.315 e. The minimum absolute atomic E-state index is 0.239. The van der Waals surface area contributed by atoms with Gasteiger partial charge in [-0.1, -0.05) is 6.92 Å². The molecular weight excluding hydrogens is 250 g/mol. The summed E-state index contributed by atoms with van der Waals surface area (Å²) in [6.45, 7) is 3.22. The maximum Gasteiger partial charge on any atom is 0.150 e. The fourth-order valence-electron chi connectivity index (χ4n) is 2.99. The Labute approximate surface area is 108 Å². The molecule has 2 unspecified atom stereocenters. The van der Waals surface area contributed by atoms with Gasteiger partial charge in [0.1, 0.15) is 11.6 Å². The van der Waals surface area contributed by atoms with Gasteiger partial charge in [0.05, 0.1) is 11.5 Å². The van der Waals surface area contributed by atoms with Crippen LogP contribution in [0.4, 0.5) is 0 Å². The average molecular weight is 269 g/mol. The van der Waals surface area contributed by atoms with Crippen molar-refractivity contribution in [3.8, 4) is 0 Å². The van der Waals surface area contributed by atoms with Crippen LogP contribution in [0.25, 0.3) is 0 Å². The number of rotatable bonds is 2. The normalized spacial score (nSPS) is 30.3. The van der Waals surface area contributed by atoms with E-state index in [1.54, 1.807) is 0 Å². The molecule has 3 heterocycles. The third-order valence-electron chi connectivity index (χ3n) is 4.08. The first-order chi connectivity index (χ1) is 8.53. The second kappa shape index (κ2) is 4.33. The molecule has 1 aromatic heterocycles. The SMILES string of the molecule is CC1CCn2c(nnc2CC2CCS(=O)(=O)C2)C1. The van der Waals surface area contributed by atoms with Gasteiger partial charge in [-0.2, -0.15) is 0 Å². The maximum atomic E-state index is 11.5. The molecule has 0 amide bonds. The van der Waals surface area contributed by atoms with E-state index in [2.05, 4.69) is 21.7 Å². The zero-order valence-corrected chi connectivity index (χ0v) is 11.5. The van der Waals surface area contributed by atoms with E-state index in [4.69, 9.17) is 0 Å². The van der Waals surface area contributed by atoms with Crippen molar-refractivity contribution in [2.75, 3.05) is 11.5 Å². The zero-order chi connectivity index (χ0) is 12.8. The summed E-state index contributed by atoms with van der Waals surface area (Å²) in [4.78, 5) is 0. The number of nitrogens with zero attached hydrogens (tertiary/aromatic N) is 3. The van der Waals surface area contributed by atoms with Gasteiger partial charge < -0.3 is 4.57 Å². The molecule has 5 nitrogen and oxygen atoms in total. The molecule has 18 heavy (non-hydrogen) atoms. The fraction of sp³-hybridized carbons (Fsp3) is 0.833. The molecule has 3 rings (SSSR count). The number of fused-ring (bicyclic) bond motifs is 1. The van der Waals surface area contributed by atoms with Crippen LogP contribution < -0.4 is 0 Å². The van der Waals surface area contributed by atoms with Gasteiger partial charge in [-0.3, -0.25) is 0 Å². The summed E-state index contributed by atoms with van der Waals surface area (Å²) in [7, 11) is -2.79. The van der Waals surface area contributed by atoms with Crippen LogP contribution in [0.5, 0.6) is 0 Å². The lowest BCUT2D eigenvalue weighted by Crippen LogP contribution is -2.20. The topological polar surface area (TPSA) is 64.8 Å². The van der Waals surface area contributed by atoms with Crippen LogP contribution in [0, 0.1) is 11.8 Å². The van der Waals surface area contributed by atoms with Gasteiger partial charge in [-0.05, 0) is 24.7 Å². The third kappa shape index (κ3) is 2.30. The van der Waals surface area contributed by atoms with Gasteiger partial charge in [-0.25, -0.2) is 8.42 Å². The van der Waals surface area contributed by atoms with Crippen molar-refractivity contribution in [1.29, 1.82) is 0 Å². The molecule has 6 heteroatoms. The minimum Gasteiger partial charge on any atom is -0.315 e. The summed E-state index contributed by atoms with van der Waals surface area (Å²) in [6, 6.07) is 0. The van der Waals surface area contributed by atoms with Crippen LogP contribution in [-0.4, -0.2) is 34.7 Å². The van der Waals surface area contributed by atoms with Crippen molar-refractivity contribution in [2.45, 2.75) is 39.2 Å². The van der Waals surface area contributed by atoms with Crippen LogP contribution in [0.3, 0.4) is 0 Å². The first-order valence-electron chi connectivity index (χ1n) is 6.65. The molecular formula is C12H19N3O2S. The van der Waals surface area contributed by atoms with Gasteiger partial charge in [0, 0.05) is 19.4 Å². The van der Waals surface area contributed by atoms with Gasteiger partial charge in [0.25, 0.3) is 0 Å². The summed E-state index contributed by atoms with van der Waals surface area (Å²) in [6.07, 6.45) is 3.71. The first kappa shape index (κ1) is 12.1. The van der Waals surface area contributed by atoms with Crippen molar-refractivity contribution in [2.24, 2.45) is 11.8 Å². The van der Waals surface area contributed by atoms with Crippen molar-refractivity contribution >= 4 is 9.84 Å². The van der Waals surface area contributed by atoms with Crippen LogP contribution >= 0.6 is 0 Å². The highest BCUT2D eigenvalue weighted by Gasteiger charge is 2.30. The second-order valence-corrected chi connectivity index (χ2v) is 7.98. The van der Waals surface area contributed by atoms with Gasteiger partial charge in [-0.15, -0.1) is 10.2 Å². The monoisotopic (exact) mass is 269 g/mol. The second-order valence-electron chi connectivity index (χ2n) is 5.76. The third-order valence-corrected chi connectivity index (χ3v) is 5.92. The van der Waals surface area contributed by atoms with Crippen LogP contribution in [0.15, 0.2) is 0 Å². The number of hydrogen-bond donors (Lipinski definition) is 0. The molecule has 0 aliphatic carbocycles. The molecule has 0 saturated carbocycles. The Morgan fingerprint density at radius 3 is 2.89 bits per heavy atom. The highest BCUT2D eigenvalue weighted by Crippen LogP contribution is 2.25. The maximum absolute atomic E-state index is 11.5. The van der Waals surface area contributed by atoms with E-state index in [1.807, 2.05) is 0 Å². The van der Waals surface area contributed by atoms with E-state index < -0.39 is 9.84 Å². The van der Waals surface area contributed by atoms with E-state index in [-0.39, 0.29) is 5.92 Å². The van der Waals surface area contributed by atoms with Gasteiger partial charge >= 0.3 is 0 Å². The van der Waals surface area contributed by atoms with Crippen LogP contribution in [0.1, 0.15) is 31.4 Å². The molecule has 0 bridgehead atoms. The standard InChI is InChI=1S/C12H19N3O2S/c1-9-2-4-15-11(6-9)13-14-12(15)7-10-3-5-18(16,17)8-10/h9-10H,2-8H2,1H3. The number of hydrogen-bond acceptors (Lipinski definition) is 4. The van der Waals surface area contributed by atoms with E-state index in [0.29, 0.717) is 17.4 Å². The lowest BCUT2D eigenvalue weighted by Gasteiger charge is -2.20. The molecule has 100 valence electrons. The Morgan fingerprint density at radius 2 is 2.17 bits per heavy atom. The van der Waals surface area contributed by atoms with Gasteiger partial charge in [0.2, 0.25) is 0 Å². The van der Waals surface area contributed by atoms with E-state index in [0.717, 1.165) is 37.5 Å². The predicted octanol–water partition coefficient (Wildman–Crippen LogP) is 0.838. The zero-order valence-electron chi connectivity index (χ0n) is 10.7. The molecule has 1 saturated heterocycles. The van der Waals surface area contributed by atoms with Gasteiger partial charge in [0.15, 0.2) is 9.84 Å². The molecule has 2 aliphatic rings. The minimum atomic E-state index is -2.79. The highest BCUT2D eigenvalue weighted by molar-refractivity contribution is 7.91. The lowest BCUT2D eigenvalue weighted by molar-refractivity contribution is 0.397. The average Bonchev–Trinajstić information content (AvgIpc) is 2.83. The molecule has 0 radical (unpaired) electrons. The Bertz CT molecular complexity index is 550. The summed E-state index contributed by atoms with van der Waals surface area (Å²) < 4.78 is 25.1. The fourth-order valence-corrected chi connectivity index (χ4v) is 4.85. The smallest absolute Gasteiger partial charge is 0.150 e. The Balaban J connectivity index is 1.75. The Kier molecular flexibility index (Phi) is 2.92. The van der Waals surface area contributed by atoms with Crippen LogP contribution in [0.2, 0.25) is 0 Å². The summed E-state index contributed by atoms with van der Waals surface area (Å²) in [5, 5.41) is 8.51. The summed E-state index contributed by atoms with van der Waals surface area (Å²) in [5.74, 6) is 3.65. The Morgan fingerprint density at radius 1 is 1.33 bits per heavy atom. The molecule has 0 N–H and O–H groups in total. The molecule has 0 spiro atoms. The van der Waals surface area contributed by atoms with Crippen molar-refractivity contribution in [3.05, 3.63) is 11.6 Å². The van der Waals surface area contributed by atoms with E-state index in [9.17, 15) is 8.42 Å². The summed E-state index contributed by atoms with van der Waals surface area (Å²) in [5.41, 5.74) is 0. The highest BCUT2D eigenvalue weighted by atomic mass is 32.2. The van der Waals surface area contributed by atoms with Crippen LogP contribution in [-0.2, 0) is 29.2 Å². The van der Waals surface area contributed by atoms with E-state index in [1.165, 1.54) is 6.42 Å². The Hall–Kier alpha value is -0.910. The van der Waals surface area contributed by atoms with Crippen molar-refractivity contribution in [1.82, 2.24) is 14.8 Å². The molecule has 2 atom stereocenters. The van der Waals surface area contributed by atoms with E-state index >= 15 is 0 Å². The number of aromatic nitrogens is 3. The lowest BCUT2D eigenvalue weighted by atomic mass is 9.99. The molecule has 1 fully saturated rings. The summed E-state index contributed by atoms with van der Waals surface area (Å²) >= 11 is 0. The molecule has 0 aromatic carbocycles. The van der Waals surface area contributed by atoms with Crippen molar-refractivity contribution in [3.63, 3.8) is 0 Å². The quantitative estimate of drug-likeness (QED) is 0.798. The predicted molar refractivity (Wildman–Crippen MR) is 68.0 cm³/mol. The number of sulfone groups is 1. The first-order valence-corrected chi connectivity index (χ1v) is 8.47. The molecule has 2 aliphatic heterocycles.